The van der Waals surface area contributed by atoms with E-state index in [0.29, 0.717) is 34.9 Å². The summed E-state index contributed by atoms with van der Waals surface area (Å²) in [6.07, 6.45) is 1.63. The van der Waals surface area contributed by atoms with Crippen LogP contribution >= 0.6 is 11.3 Å². The highest BCUT2D eigenvalue weighted by molar-refractivity contribution is 7.18. The number of rotatable bonds is 6. The average Bonchev–Trinajstić information content (AvgIpc) is 3.12. The van der Waals surface area contributed by atoms with Crippen molar-refractivity contribution < 1.29 is 19.1 Å². The zero-order valence-corrected chi connectivity index (χ0v) is 16.6. The third-order valence-electron chi connectivity index (χ3n) is 4.72. The summed E-state index contributed by atoms with van der Waals surface area (Å²) in [7, 11) is 0. The Bertz CT molecular complexity index is 1220. The number of carbonyl (C=O) groups is 1. The number of esters is 1. The number of aromatic hydroxyl groups is 1. The van der Waals surface area contributed by atoms with Gasteiger partial charge in [-0.1, -0.05) is 12.1 Å². The summed E-state index contributed by atoms with van der Waals surface area (Å²) in [6.45, 7) is 1.64. The van der Waals surface area contributed by atoms with Gasteiger partial charge >= 0.3 is 11.6 Å². The second-order valence-electron chi connectivity index (χ2n) is 6.77. The Morgan fingerprint density at radius 3 is 2.90 bits per heavy atom. The van der Waals surface area contributed by atoms with Crippen molar-refractivity contribution >= 4 is 38.5 Å². The fourth-order valence-electron chi connectivity index (χ4n) is 3.18. The summed E-state index contributed by atoms with van der Waals surface area (Å²) in [5, 5.41) is 11.4. The molecule has 0 atom stereocenters. The third kappa shape index (κ3) is 4.14. The summed E-state index contributed by atoms with van der Waals surface area (Å²) >= 11 is 1.64. The second kappa shape index (κ2) is 8.05. The van der Waals surface area contributed by atoms with Crippen molar-refractivity contribution in [2.45, 2.75) is 32.8 Å². The molecule has 0 amide bonds. The summed E-state index contributed by atoms with van der Waals surface area (Å²) in [5.74, 6) is -0.285. The number of carbonyl (C=O) groups excluding carboxylic acids is 1. The molecule has 4 rings (SSSR count). The smallest absolute Gasteiger partial charge is 0.336 e. The number of aryl methyl sites for hydroxylation is 2. The number of aromatic nitrogens is 1. The van der Waals surface area contributed by atoms with Crippen LogP contribution in [0.3, 0.4) is 0 Å². The Kier molecular flexibility index (Phi) is 5.31. The van der Waals surface area contributed by atoms with Gasteiger partial charge in [-0.25, -0.2) is 9.78 Å². The molecule has 1 N–H and O–H groups in total. The molecule has 6 nitrogen and oxygen atoms in total. The molecule has 0 aliphatic carbocycles. The van der Waals surface area contributed by atoms with Gasteiger partial charge in [-0.05, 0) is 44.0 Å². The van der Waals surface area contributed by atoms with Gasteiger partial charge in [0.05, 0.1) is 15.2 Å². The van der Waals surface area contributed by atoms with Crippen LogP contribution < -0.4 is 5.63 Å². The molecule has 2 heterocycles. The zero-order chi connectivity index (χ0) is 20.4. The quantitative estimate of drug-likeness (QED) is 0.373. The molecule has 0 bridgehead atoms. The van der Waals surface area contributed by atoms with Crippen LogP contribution in [0, 0.1) is 6.92 Å². The van der Waals surface area contributed by atoms with Gasteiger partial charge in [-0.3, -0.25) is 4.79 Å². The van der Waals surface area contributed by atoms with E-state index in [1.54, 1.807) is 24.3 Å². The first kappa shape index (κ1) is 19.1. The number of ether oxygens (including phenoxy) is 1. The highest BCUT2D eigenvalue weighted by Gasteiger charge is 2.13. The lowest BCUT2D eigenvalue weighted by molar-refractivity contribution is -0.145. The Hall–Kier alpha value is -3.19. The summed E-state index contributed by atoms with van der Waals surface area (Å²) in [6, 6.07) is 12.4. The van der Waals surface area contributed by atoms with Crippen molar-refractivity contribution in [3.05, 3.63) is 69.0 Å². The Labute approximate surface area is 170 Å². The Balaban J connectivity index is 1.37. The molecule has 0 aliphatic rings. The molecule has 148 valence electrons. The van der Waals surface area contributed by atoms with Gasteiger partial charge in [-0.2, -0.15) is 0 Å². The standard InChI is InChI=1S/C22H19NO5S/c1-13-17(24)10-9-15-14(11-21(26)28-22(13)15)12-27-20(25)8-4-7-19-23-16-5-2-3-6-18(16)29-19/h2-3,5-6,9-11,24H,4,7-8,12H2,1H3. The molecule has 0 unspecified atom stereocenters. The number of para-hydroxylation sites is 1. The molecule has 0 saturated carbocycles. The number of phenolic OH excluding ortho intramolecular Hbond substituents is 1. The van der Waals surface area contributed by atoms with Crippen LogP contribution in [0.4, 0.5) is 0 Å². The zero-order valence-electron chi connectivity index (χ0n) is 15.8. The van der Waals surface area contributed by atoms with E-state index in [1.165, 1.54) is 12.1 Å². The number of benzene rings is 2. The fourth-order valence-corrected chi connectivity index (χ4v) is 4.19. The molecular weight excluding hydrogens is 390 g/mol. The molecule has 2 aromatic carbocycles. The highest BCUT2D eigenvalue weighted by atomic mass is 32.1. The van der Waals surface area contributed by atoms with Crippen molar-refractivity contribution in [1.82, 2.24) is 4.98 Å². The molecule has 0 spiro atoms. The molecule has 0 fully saturated rings. The minimum absolute atomic E-state index is 0.0215. The molecule has 29 heavy (non-hydrogen) atoms. The summed E-state index contributed by atoms with van der Waals surface area (Å²) < 4.78 is 11.7. The van der Waals surface area contributed by atoms with Crippen molar-refractivity contribution in [2.75, 3.05) is 0 Å². The molecule has 0 radical (unpaired) electrons. The predicted octanol–water partition coefficient (Wildman–Crippen LogP) is 4.48. The van der Waals surface area contributed by atoms with Gasteiger partial charge in [0.25, 0.3) is 0 Å². The van der Waals surface area contributed by atoms with E-state index in [4.69, 9.17) is 9.15 Å². The maximum Gasteiger partial charge on any atom is 0.336 e. The Morgan fingerprint density at radius 2 is 2.07 bits per heavy atom. The third-order valence-corrected chi connectivity index (χ3v) is 5.81. The van der Waals surface area contributed by atoms with E-state index >= 15 is 0 Å². The van der Waals surface area contributed by atoms with Crippen LogP contribution in [0.2, 0.25) is 0 Å². The van der Waals surface area contributed by atoms with Crippen LogP contribution in [0.25, 0.3) is 21.2 Å². The Morgan fingerprint density at radius 1 is 1.24 bits per heavy atom. The van der Waals surface area contributed by atoms with E-state index in [-0.39, 0.29) is 24.7 Å². The van der Waals surface area contributed by atoms with Crippen molar-refractivity contribution in [3.8, 4) is 5.75 Å². The van der Waals surface area contributed by atoms with Crippen LogP contribution in [0.15, 0.2) is 51.7 Å². The molecule has 0 saturated heterocycles. The van der Waals surface area contributed by atoms with E-state index in [1.807, 2.05) is 24.3 Å². The maximum absolute atomic E-state index is 12.1. The predicted molar refractivity (Wildman–Crippen MR) is 111 cm³/mol. The average molecular weight is 409 g/mol. The van der Waals surface area contributed by atoms with E-state index < -0.39 is 5.63 Å². The monoisotopic (exact) mass is 409 g/mol. The number of nitrogens with zero attached hydrogens (tertiary/aromatic N) is 1. The lowest BCUT2D eigenvalue weighted by Crippen LogP contribution is -2.08. The fraction of sp³-hybridized carbons (Fsp3) is 0.227. The lowest BCUT2D eigenvalue weighted by atomic mass is 10.1. The minimum atomic E-state index is -0.548. The largest absolute Gasteiger partial charge is 0.508 e. The van der Waals surface area contributed by atoms with Gasteiger partial charge in [0.1, 0.15) is 17.9 Å². The molecule has 4 aromatic rings. The van der Waals surface area contributed by atoms with E-state index in [0.717, 1.165) is 15.2 Å². The van der Waals surface area contributed by atoms with Crippen LogP contribution in [-0.2, 0) is 22.6 Å². The van der Waals surface area contributed by atoms with Crippen molar-refractivity contribution in [3.63, 3.8) is 0 Å². The van der Waals surface area contributed by atoms with Gasteiger partial charge < -0.3 is 14.3 Å². The summed E-state index contributed by atoms with van der Waals surface area (Å²) in [4.78, 5) is 28.5. The number of phenols is 1. The topological polar surface area (TPSA) is 89.6 Å². The highest BCUT2D eigenvalue weighted by Crippen LogP contribution is 2.28. The minimum Gasteiger partial charge on any atom is -0.508 e. The number of thiazole rings is 1. The number of hydrogen-bond acceptors (Lipinski definition) is 7. The van der Waals surface area contributed by atoms with Gasteiger partial charge in [0, 0.05) is 29.0 Å². The molecular formula is C22H19NO5S. The maximum atomic E-state index is 12.1. The lowest BCUT2D eigenvalue weighted by Gasteiger charge is -2.09. The first-order valence-corrected chi connectivity index (χ1v) is 10.1. The number of hydrogen-bond donors (Lipinski definition) is 1. The van der Waals surface area contributed by atoms with Gasteiger partial charge in [-0.15, -0.1) is 11.3 Å². The van der Waals surface area contributed by atoms with Crippen LogP contribution in [0.5, 0.6) is 5.75 Å². The molecule has 2 aromatic heterocycles. The van der Waals surface area contributed by atoms with Crippen LogP contribution in [-0.4, -0.2) is 16.1 Å². The molecule has 0 aliphatic heterocycles. The summed E-state index contributed by atoms with van der Waals surface area (Å²) in [5.41, 5.74) is 1.76. The molecule has 7 heteroatoms. The SMILES string of the molecule is Cc1c(O)ccc2c(COC(=O)CCCc3nc4ccccc4s3)cc(=O)oc12. The van der Waals surface area contributed by atoms with Crippen molar-refractivity contribution in [2.24, 2.45) is 0 Å². The normalized spacial score (nSPS) is 11.2. The first-order chi connectivity index (χ1) is 14.0. The van der Waals surface area contributed by atoms with Crippen molar-refractivity contribution in [1.29, 1.82) is 0 Å². The first-order valence-electron chi connectivity index (χ1n) is 9.26. The van der Waals surface area contributed by atoms with Gasteiger partial charge in [0.15, 0.2) is 0 Å². The second-order valence-corrected chi connectivity index (χ2v) is 7.88. The van der Waals surface area contributed by atoms with E-state index in [9.17, 15) is 14.7 Å². The van der Waals surface area contributed by atoms with Gasteiger partial charge in [0.2, 0.25) is 0 Å². The van der Waals surface area contributed by atoms with Crippen LogP contribution in [0.1, 0.15) is 29.0 Å². The van der Waals surface area contributed by atoms with E-state index in [2.05, 4.69) is 4.98 Å². The number of fused-ring (bicyclic) bond motifs is 2.